The van der Waals surface area contributed by atoms with Crippen LogP contribution in [-0.4, -0.2) is 41.9 Å². The van der Waals surface area contributed by atoms with Crippen LogP contribution in [-0.2, 0) is 0 Å². The van der Waals surface area contributed by atoms with E-state index in [9.17, 15) is 14.9 Å². The number of likely N-dealkylation sites (tertiary alicyclic amines) is 1. The van der Waals surface area contributed by atoms with Crippen LogP contribution in [0.15, 0.2) is 18.2 Å². The number of hydrogen-bond donors (Lipinski definition) is 1. The summed E-state index contributed by atoms with van der Waals surface area (Å²) in [6, 6.07) is 4.24. The van der Waals surface area contributed by atoms with E-state index in [2.05, 4.69) is 10.2 Å². The Morgan fingerprint density at radius 2 is 2.10 bits per heavy atom. The molecule has 2 rings (SSSR count). The number of nitro benzene ring substituents is 1. The van der Waals surface area contributed by atoms with Gasteiger partial charge in [0.1, 0.15) is 5.02 Å². The first-order valence-corrected chi connectivity index (χ1v) is 7.41. The molecule has 1 N–H and O–H groups in total. The smallest absolute Gasteiger partial charge is 0.288 e. The average molecular weight is 312 g/mol. The van der Waals surface area contributed by atoms with Gasteiger partial charge in [-0.05, 0) is 45.0 Å². The van der Waals surface area contributed by atoms with Gasteiger partial charge in [0.25, 0.3) is 11.6 Å². The zero-order valence-corrected chi connectivity index (χ0v) is 12.4. The second-order valence-corrected chi connectivity index (χ2v) is 5.43. The summed E-state index contributed by atoms with van der Waals surface area (Å²) in [6.45, 7) is 3.76. The number of nitro groups is 1. The van der Waals surface area contributed by atoms with Gasteiger partial charge in [-0.1, -0.05) is 17.7 Å². The van der Waals surface area contributed by atoms with Gasteiger partial charge in [-0.3, -0.25) is 14.9 Å². The highest BCUT2D eigenvalue weighted by atomic mass is 35.5. The van der Waals surface area contributed by atoms with E-state index in [1.54, 1.807) is 0 Å². The van der Waals surface area contributed by atoms with Crippen LogP contribution >= 0.6 is 11.6 Å². The van der Waals surface area contributed by atoms with Crippen LogP contribution in [0, 0.1) is 10.1 Å². The Bertz CT molecular complexity index is 530. The molecule has 7 heteroatoms. The molecule has 1 aliphatic rings. The van der Waals surface area contributed by atoms with Gasteiger partial charge >= 0.3 is 0 Å². The summed E-state index contributed by atoms with van der Waals surface area (Å²) in [5.41, 5.74) is -0.103. The van der Waals surface area contributed by atoms with Crippen molar-refractivity contribution in [3.8, 4) is 0 Å². The quantitative estimate of drug-likeness (QED) is 0.497. The van der Waals surface area contributed by atoms with Gasteiger partial charge in [0.05, 0.1) is 10.5 Å². The van der Waals surface area contributed by atoms with Crippen molar-refractivity contribution < 1.29 is 9.72 Å². The molecule has 1 fully saturated rings. The number of nitrogens with zero attached hydrogens (tertiary/aromatic N) is 2. The fourth-order valence-electron chi connectivity index (χ4n) is 2.44. The van der Waals surface area contributed by atoms with Crippen molar-refractivity contribution in [2.75, 3.05) is 26.2 Å². The summed E-state index contributed by atoms with van der Waals surface area (Å²) >= 11 is 5.90. The van der Waals surface area contributed by atoms with Gasteiger partial charge in [0.2, 0.25) is 0 Å². The highest BCUT2D eigenvalue weighted by Gasteiger charge is 2.19. The highest BCUT2D eigenvalue weighted by Crippen LogP contribution is 2.27. The molecule has 1 saturated heterocycles. The number of carbonyl (C=O) groups excluding carboxylic acids is 1. The lowest BCUT2D eigenvalue weighted by molar-refractivity contribution is -0.384. The van der Waals surface area contributed by atoms with Crippen molar-refractivity contribution in [3.63, 3.8) is 0 Å². The topological polar surface area (TPSA) is 75.5 Å². The van der Waals surface area contributed by atoms with E-state index < -0.39 is 4.92 Å². The van der Waals surface area contributed by atoms with Crippen LogP contribution in [0.5, 0.6) is 0 Å². The summed E-state index contributed by atoms with van der Waals surface area (Å²) < 4.78 is 0. The van der Waals surface area contributed by atoms with Gasteiger partial charge < -0.3 is 10.2 Å². The molecule has 0 aromatic heterocycles. The number of halogens is 1. The van der Waals surface area contributed by atoms with Crippen molar-refractivity contribution in [2.45, 2.75) is 19.3 Å². The standard InChI is InChI=1S/C14H18ClN3O3/c15-13-11(5-3-6-12(13)18(20)21)14(19)16-7-4-10-17-8-1-2-9-17/h3,5-6H,1-2,4,7-10H2,(H,16,19). The Balaban J connectivity index is 1.85. The minimum absolute atomic E-state index is 0.112. The first-order chi connectivity index (χ1) is 10.1. The molecule has 1 aromatic rings. The summed E-state index contributed by atoms with van der Waals surface area (Å²) in [4.78, 5) is 24.6. The monoisotopic (exact) mass is 311 g/mol. The molecule has 1 heterocycles. The number of carbonyl (C=O) groups is 1. The van der Waals surface area contributed by atoms with Gasteiger partial charge in [-0.2, -0.15) is 0 Å². The zero-order valence-electron chi connectivity index (χ0n) is 11.7. The molecule has 0 saturated carbocycles. The summed E-state index contributed by atoms with van der Waals surface area (Å²) in [5, 5.41) is 13.4. The SMILES string of the molecule is O=C(NCCCN1CCCC1)c1cccc([N+](=O)[O-])c1Cl. The van der Waals surface area contributed by atoms with Crippen molar-refractivity contribution >= 4 is 23.2 Å². The maximum atomic E-state index is 12.0. The number of hydrogen-bond acceptors (Lipinski definition) is 4. The normalized spacial score (nSPS) is 15.1. The second kappa shape index (κ2) is 7.38. The Morgan fingerprint density at radius 3 is 2.76 bits per heavy atom. The Morgan fingerprint density at radius 1 is 1.38 bits per heavy atom. The lowest BCUT2D eigenvalue weighted by Gasteiger charge is -2.14. The summed E-state index contributed by atoms with van der Waals surface area (Å²) in [7, 11) is 0. The van der Waals surface area contributed by atoms with Crippen LogP contribution in [0.4, 0.5) is 5.69 Å². The largest absolute Gasteiger partial charge is 0.352 e. The van der Waals surface area contributed by atoms with Crippen LogP contribution < -0.4 is 5.32 Å². The van der Waals surface area contributed by atoms with Crippen LogP contribution in [0.2, 0.25) is 5.02 Å². The predicted octanol–water partition coefficient (Wildman–Crippen LogP) is 2.46. The lowest BCUT2D eigenvalue weighted by atomic mass is 10.2. The van der Waals surface area contributed by atoms with E-state index in [1.165, 1.54) is 31.0 Å². The van der Waals surface area contributed by atoms with E-state index in [0.717, 1.165) is 26.1 Å². The minimum Gasteiger partial charge on any atom is -0.352 e. The van der Waals surface area contributed by atoms with Gasteiger partial charge in [-0.25, -0.2) is 0 Å². The molecule has 0 bridgehead atoms. The molecule has 6 nitrogen and oxygen atoms in total. The van der Waals surface area contributed by atoms with E-state index in [0.29, 0.717) is 6.54 Å². The van der Waals surface area contributed by atoms with E-state index in [1.807, 2.05) is 0 Å². The van der Waals surface area contributed by atoms with Gasteiger partial charge in [-0.15, -0.1) is 0 Å². The number of rotatable bonds is 6. The molecule has 0 atom stereocenters. The Hall–Kier alpha value is -1.66. The molecule has 0 unspecified atom stereocenters. The van der Waals surface area contributed by atoms with Crippen molar-refractivity contribution in [3.05, 3.63) is 38.9 Å². The molecule has 1 aromatic carbocycles. The van der Waals surface area contributed by atoms with Crippen molar-refractivity contribution in [1.29, 1.82) is 0 Å². The third kappa shape index (κ3) is 4.15. The van der Waals surface area contributed by atoms with E-state index in [-0.39, 0.29) is 22.2 Å². The molecule has 0 radical (unpaired) electrons. The molecular formula is C14H18ClN3O3. The molecule has 0 spiro atoms. The van der Waals surface area contributed by atoms with Gasteiger partial charge in [0, 0.05) is 12.6 Å². The molecule has 114 valence electrons. The molecule has 0 aliphatic carbocycles. The summed E-state index contributed by atoms with van der Waals surface area (Å²) in [6.07, 6.45) is 3.35. The Kier molecular flexibility index (Phi) is 5.52. The molecule has 21 heavy (non-hydrogen) atoms. The van der Waals surface area contributed by atoms with E-state index >= 15 is 0 Å². The first kappa shape index (κ1) is 15.7. The fraction of sp³-hybridized carbons (Fsp3) is 0.500. The number of amides is 1. The first-order valence-electron chi connectivity index (χ1n) is 7.03. The molecule has 1 aliphatic heterocycles. The summed E-state index contributed by atoms with van der Waals surface area (Å²) in [5.74, 6) is -0.370. The Labute approximate surface area is 128 Å². The fourth-order valence-corrected chi connectivity index (χ4v) is 2.72. The van der Waals surface area contributed by atoms with Crippen LogP contribution in [0.1, 0.15) is 29.6 Å². The van der Waals surface area contributed by atoms with Gasteiger partial charge in [0.15, 0.2) is 0 Å². The highest BCUT2D eigenvalue weighted by molar-refractivity contribution is 6.35. The third-order valence-electron chi connectivity index (χ3n) is 3.56. The predicted molar refractivity (Wildman–Crippen MR) is 80.7 cm³/mol. The van der Waals surface area contributed by atoms with Crippen molar-refractivity contribution in [1.82, 2.24) is 10.2 Å². The maximum Gasteiger partial charge on any atom is 0.288 e. The van der Waals surface area contributed by atoms with Crippen LogP contribution in [0.3, 0.4) is 0 Å². The van der Waals surface area contributed by atoms with Crippen LogP contribution in [0.25, 0.3) is 0 Å². The second-order valence-electron chi connectivity index (χ2n) is 5.05. The molecular weight excluding hydrogens is 294 g/mol. The lowest BCUT2D eigenvalue weighted by Crippen LogP contribution is -2.28. The average Bonchev–Trinajstić information content (AvgIpc) is 2.96. The van der Waals surface area contributed by atoms with E-state index in [4.69, 9.17) is 11.6 Å². The number of benzene rings is 1. The zero-order chi connectivity index (χ0) is 15.2. The molecule has 1 amide bonds. The van der Waals surface area contributed by atoms with Crippen molar-refractivity contribution in [2.24, 2.45) is 0 Å². The third-order valence-corrected chi connectivity index (χ3v) is 3.95. The number of nitrogens with one attached hydrogen (secondary N) is 1. The minimum atomic E-state index is -0.591. The maximum absolute atomic E-state index is 12.0.